The van der Waals surface area contributed by atoms with Gasteiger partial charge >= 0.3 is 0 Å². The van der Waals surface area contributed by atoms with Crippen LogP contribution in [0.4, 0.5) is 0 Å². The van der Waals surface area contributed by atoms with Crippen LogP contribution in [0.25, 0.3) is 0 Å². The molecule has 1 saturated heterocycles. The average Bonchev–Trinajstić information content (AvgIpc) is 2.71. The SMILES string of the molecule is CCCCC(CC)C(=O)C1CCCS1. The molecule has 1 rings (SSSR count). The number of ketones is 1. The van der Waals surface area contributed by atoms with Crippen molar-refractivity contribution in [2.75, 3.05) is 5.75 Å². The molecule has 0 saturated carbocycles. The van der Waals surface area contributed by atoms with Crippen LogP contribution in [0.5, 0.6) is 0 Å². The van der Waals surface area contributed by atoms with E-state index in [4.69, 9.17) is 0 Å². The predicted octanol–water partition coefficient (Wildman–Crippen LogP) is 3.67. The summed E-state index contributed by atoms with van der Waals surface area (Å²) in [4.78, 5) is 12.1. The summed E-state index contributed by atoms with van der Waals surface area (Å²) in [7, 11) is 0. The number of rotatable bonds is 6. The number of carbonyl (C=O) groups is 1. The molecule has 2 unspecified atom stereocenters. The lowest BCUT2D eigenvalue weighted by molar-refractivity contribution is -0.122. The van der Waals surface area contributed by atoms with E-state index in [9.17, 15) is 4.79 Å². The third-order valence-corrected chi connectivity index (χ3v) is 4.44. The van der Waals surface area contributed by atoms with Crippen LogP contribution in [0.15, 0.2) is 0 Å². The van der Waals surface area contributed by atoms with E-state index in [1.165, 1.54) is 25.0 Å². The molecule has 1 nitrogen and oxygen atoms in total. The van der Waals surface area contributed by atoms with Gasteiger partial charge in [0.15, 0.2) is 0 Å². The van der Waals surface area contributed by atoms with Crippen LogP contribution in [0, 0.1) is 5.92 Å². The van der Waals surface area contributed by atoms with Crippen LogP contribution < -0.4 is 0 Å². The van der Waals surface area contributed by atoms with Crippen molar-refractivity contribution >= 4 is 17.5 Å². The second-order valence-corrected chi connectivity index (χ2v) is 5.46. The Morgan fingerprint density at radius 2 is 2.29 bits per heavy atom. The highest BCUT2D eigenvalue weighted by molar-refractivity contribution is 8.00. The Bertz CT molecular complexity index is 173. The van der Waals surface area contributed by atoms with Gasteiger partial charge in [-0.05, 0) is 31.4 Å². The first-order valence-electron chi connectivity index (χ1n) is 5.94. The number of hydrogen-bond donors (Lipinski definition) is 0. The van der Waals surface area contributed by atoms with Gasteiger partial charge in [-0.2, -0.15) is 11.8 Å². The third-order valence-electron chi connectivity index (χ3n) is 3.05. The first kappa shape index (κ1) is 12.1. The van der Waals surface area contributed by atoms with E-state index in [-0.39, 0.29) is 0 Å². The van der Waals surface area contributed by atoms with E-state index in [1.807, 2.05) is 11.8 Å². The molecule has 0 bridgehead atoms. The Labute approximate surface area is 92.0 Å². The summed E-state index contributed by atoms with van der Waals surface area (Å²) in [5.41, 5.74) is 0. The molecule has 0 N–H and O–H groups in total. The van der Waals surface area contributed by atoms with Gasteiger partial charge in [0.1, 0.15) is 5.78 Å². The van der Waals surface area contributed by atoms with Crippen LogP contribution in [-0.2, 0) is 4.79 Å². The van der Waals surface area contributed by atoms with Gasteiger partial charge in [0.05, 0.1) is 5.25 Å². The van der Waals surface area contributed by atoms with Crippen LogP contribution in [-0.4, -0.2) is 16.8 Å². The fourth-order valence-corrected chi connectivity index (χ4v) is 3.37. The zero-order valence-corrected chi connectivity index (χ0v) is 10.2. The van der Waals surface area contributed by atoms with Gasteiger partial charge in [0.2, 0.25) is 0 Å². The molecular formula is C12H22OS. The van der Waals surface area contributed by atoms with E-state index in [1.54, 1.807) is 0 Å². The molecule has 0 spiro atoms. The molecule has 0 aromatic carbocycles. The number of carbonyl (C=O) groups excluding carboxylic acids is 1. The van der Waals surface area contributed by atoms with E-state index in [0.717, 1.165) is 19.3 Å². The van der Waals surface area contributed by atoms with Crippen LogP contribution in [0.1, 0.15) is 52.4 Å². The first-order valence-corrected chi connectivity index (χ1v) is 6.99. The van der Waals surface area contributed by atoms with Crippen molar-refractivity contribution in [3.63, 3.8) is 0 Å². The van der Waals surface area contributed by atoms with Gasteiger partial charge in [-0.3, -0.25) is 4.79 Å². The first-order chi connectivity index (χ1) is 6.79. The topological polar surface area (TPSA) is 17.1 Å². The van der Waals surface area contributed by atoms with Crippen LogP contribution in [0.2, 0.25) is 0 Å². The zero-order chi connectivity index (χ0) is 10.4. The highest BCUT2D eigenvalue weighted by Gasteiger charge is 2.28. The van der Waals surface area contributed by atoms with Gasteiger partial charge < -0.3 is 0 Å². The Balaban J connectivity index is 2.37. The van der Waals surface area contributed by atoms with Gasteiger partial charge in [-0.15, -0.1) is 0 Å². The maximum atomic E-state index is 12.1. The lowest BCUT2D eigenvalue weighted by Gasteiger charge is -2.16. The molecule has 0 aromatic rings. The molecule has 1 aliphatic heterocycles. The molecule has 0 aliphatic carbocycles. The van der Waals surface area contributed by atoms with E-state index >= 15 is 0 Å². The molecule has 0 radical (unpaired) electrons. The largest absolute Gasteiger partial charge is 0.298 e. The molecule has 0 aromatic heterocycles. The summed E-state index contributed by atoms with van der Waals surface area (Å²) >= 11 is 1.88. The van der Waals surface area contributed by atoms with Gasteiger partial charge in [-0.25, -0.2) is 0 Å². The second kappa shape index (κ2) is 6.49. The quantitative estimate of drug-likeness (QED) is 0.671. The lowest BCUT2D eigenvalue weighted by atomic mass is 9.92. The van der Waals surface area contributed by atoms with Crippen molar-refractivity contribution < 1.29 is 4.79 Å². The fraction of sp³-hybridized carbons (Fsp3) is 0.917. The standard InChI is InChI=1S/C12H22OS/c1-3-5-7-10(4-2)12(13)11-8-6-9-14-11/h10-11H,3-9H2,1-2H3. The molecule has 1 aliphatic rings. The number of hydrogen-bond acceptors (Lipinski definition) is 2. The number of Topliss-reactive ketones (excluding diaryl/α,β-unsaturated/α-hetero) is 1. The van der Waals surface area contributed by atoms with Crippen molar-refractivity contribution in [1.29, 1.82) is 0 Å². The zero-order valence-electron chi connectivity index (χ0n) is 9.42. The van der Waals surface area contributed by atoms with Gasteiger partial charge in [0, 0.05) is 5.92 Å². The summed E-state index contributed by atoms with van der Waals surface area (Å²) in [6, 6.07) is 0. The Morgan fingerprint density at radius 1 is 1.50 bits per heavy atom. The van der Waals surface area contributed by atoms with Gasteiger partial charge in [-0.1, -0.05) is 26.7 Å². The summed E-state index contributed by atoms with van der Waals surface area (Å²) < 4.78 is 0. The molecule has 2 atom stereocenters. The normalized spacial score (nSPS) is 23.7. The average molecular weight is 214 g/mol. The summed E-state index contributed by atoms with van der Waals surface area (Å²) in [5.74, 6) is 2.09. The van der Waals surface area contributed by atoms with Crippen molar-refractivity contribution in [2.24, 2.45) is 5.92 Å². The minimum absolute atomic E-state index is 0.344. The summed E-state index contributed by atoms with van der Waals surface area (Å²) in [6.45, 7) is 4.35. The van der Waals surface area contributed by atoms with Crippen molar-refractivity contribution in [3.05, 3.63) is 0 Å². The van der Waals surface area contributed by atoms with Gasteiger partial charge in [0.25, 0.3) is 0 Å². The van der Waals surface area contributed by atoms with Crippen molar-refractivity contribution in [1.82, 2.24) is 0 Å². The summed E-state index contributed by atoms with van der Waals surface area (Å²) in [5, 5.41) is 0.344. The molecule has 14 heavy (non-hydrogen) atoms. The van der Waals surface area contributed by atoms with E-state index < -0.39 is 0 Å². The Kier molecular flexibility index (Phi) is 5.61. The van der Waals surface area contributed by atoms with E-state index in [0.29, 0.717) is 17.0 Å². The molecule has 0 amide bonds. The minimum atomic E-state index is 0.344. The second-order valence-electron chi connectivity index (χ2n) is 4.15. The lowest BCUT2D eigenvalue weighted by Crippen LogP contribution is -2.23. The number of thioether (sulfide) groups is 1. The maximum Gasteiger partial charge on any atom is 0.148 e. The molecule has 82 valence electrons. The molecule has 1 heterocycles. The Morgan fingerprint density at radius 3 is 2.79 bits per heavy atom. The fourth-order valence-electron chi connectivity index (χ4n) is 2.06. The third kappa shape index (κ3) is 3.30. The highest BCUT2D eigenvalue weighted by Crippen LogP contribution is 2.30. The van der Waals surface area contributed by atoms with Crippen molar-refractivity contribution in [3.8, 4) is 0 Å². The minimum Gasteiger partial charge on any atom is -0.298 e. The maximum absolute atomic E-state index is 12.1. The van der Waals surface area contributed by atoms with Crippen LogP contribution in [0.3, 0.4) is 0 Å². The number of unbranched alkanes of at least 4 members (excludes halogenated alkanes) is 1. The molecule has 1 fully saturated rings. The summed E-state index contributed by atoms with van der Waals surface area (Å²) in [6.07, 6.45) is 6.94. The molecule has 2 heteroatoms. The molecular weight excluding hydrogens is 192 g/mol. The monoisotopic (exact) mass is 214 g/mol. The van der Waals surface area contributed by atoms with Crippen LogP contribution >= 0.6 is 11.8 Å². The highest BCUT2D eigenvalue weighted by atomic mass is 32.2. The Hall–Kier alpha value is 0.0200. The smallest absolute Gasteiger partial charge is 0.148 e. The van der Waals surface area contributed by atoms with Crippen molar-refractivity contribution in [2.45, 2.75) is 57.6 Å². The van der Waals surface area contributed by atoms with E-state index in [2.05, 4.69) is 13.8 Å². The predicted molar refractivity (Wildman–Crippen MR) is 63.8 cm³/mol.